The van der Waals surface area contributed by atoms with E-state index in [0.717, 1.165) is 18.5 Å². The maximum atomic E-state index is 11.2. The van der Waals surface area contributed by atoms with Crippen LogP contribution >= 0.6 is 0 Å². The predicted molar refractivity (Wildman–Crippen MR) is 104 cm³/mol. The third kappa shape index (κ3) is 3.32. The summed E-state index contributed by atoms with van der Waals surface area (Å²) < 4.78 is 2.17. The summed E-state index contributed by atoms with van der Waals surface area (Å²) in [5, 5.41) is 20.2. The van der Waals surface area contributed by atoms with Crippen molar-refractivity contribution in [1.82, 2.24) is 9.55 Å². The topological polar surface area (TPSA) is 75.3 Å². The number of carboxylic acids is 1. The summed E-state index contributed by atoms with van der Waals surface area (Å²) >= 11 is 0. The zero-order valence-corrected chi connectivity index (χ0v) is 15.6. The second-order valence-corrected chi connectivity index (χ2v) is 7.86. The SMILES string of the molecule is CC1=C(c2ccccc2)C(C[C@H](O)C2CCC(C(=O)O)CC2)n2cncc21. The molecule has 0 amide bonds. The standard InChI is InChI=1S/C22H26N2O3/c1-14-19-12-23-13-24(19)18(21(14)16-5-3-2-4-6-16)11-20(25)15-7-9-17(10-8-15)22(26)27/h2-6,12-13,15,17-18,20,25H,7-11H2,1H3,(H,26,27)/t15?,17?,18?,20-/m0/s1. The van der Waals surface area contributed by atoms with Gasteiger partial charge in [-0.25, -0.2) is 4.98 Å². The number of aliphatic hydroxyl groups excluding tert-OH is 1. The van der Waals surface area contributed by atoms with E-state index in [-0.39, 0.29) is 17.9 Å². The molecule has 1 aromatic carbocycles. The van der Waals surface area contributed by atoms with Gasteiger partial charge in [0.15, 0.2) is 0 Å². The molecule has 2 heterocycles. The van der Waals surface area contributed by atoms with E-state index in [1.807, 2.05) is 30.7 Å². The fourth-order valence-electron chi connectivity index (χ4n) is 4.80. The van der Waals surface area contributed by atoms with E-state index >= 15 is 0 Å². The van der Waals surface area contributed by atoms with Crippen LogP contribution in [0.15, 0.2) is 42.9 Å². The maximum Gasteiger partial charge on any atom is 0.306 e. The number of carbonyl (C=O) groups is 1. The van der Waals surface area contributed by atoms with Crippen LogP contribution in [0.2, 0.25) is 0 Å². The first-order valence-electron chi connectivity index (χ1n) is 9.75. The molecule has 27 heavy (non-hydrogen) atoms. The summed E-state index contributed by atoms with van der Waals surface area (Å²) in [6, 6.07) is 10.4. The number of aliphatic carboxylic acids is 1. The number of aliphatic hydroxyl groups is 1. The van der Waals surface area contributed by atoms with Crippen molar-refractivity contribution in [1.29, 1.82) is 0 Å². The van der Waals surface area contributed by atoms with Crippen molar-refractivity contribution in [3.8, 4) is 0 Å². The van der Waals surface area contributed by atoms with Gasteiger partial charge in [-0.05, 0) is 61.7 Å². The molecule has 0 bridgehead atoms. The van der Waals surface area contributed by atoms with Crippen LogP contribution in [-0.2, 0) is 4.79 Å². The summed E-state index contributed by atoms with van der Waals surface area (Å²) in [5.41, 5.74) is 4.77. The van der Waals surface area contributed by atoms with E-state index < -0.39 is 12.1 Å². The fourth-order valence-corrected chi connectivity index (χ4v) is 4.80. The van der Waals surface area contributed by atoms with E-state index in [1.54, 1.807) is 0 Å². The molecule has 0 spiro atoms. The number of allylic oxidation sites excluding steroid dienone is 2. The van der Waals surface area contributed by atoms with Crippen LogP contribution in [0.3, 0.4) is 0 Å². The fraction of sp³-hybridized carbons (Fsp3) is 0.455. The molecule has 1 saturated carbocycles. The monoisotopic (exact) mass is 366 g/mol. The summed E-state index contributed by atoms with van der Waals surface area (Å²) in [5.74, 6) is -0.778. The second-order valence-electron chi connectivity index (χ2n) is 7.86. The number of nitrogens with zero attached hydrogens (tertiary/aromatic N) is 2. The van der Waals surface area contributed by atoms with Crippen molar-refractivity contribution in [2.45, 2.75) is 51.2 Å². The lowest BCUT2D eigenvalue weighted by atomic mass is 9.77. The molecule has 142 valence electrons. The Morgan fingerprint density at radius 3 is 2.59 bits per heavy atom. The minimum absolute atomic E-state index is 0.0668. The Labute approximate surface area is 159 Å². The Hall–Kier alpha value is -2.40. The summed E-state index contributed by atoms with van der Waals surface area (Å²) in [6.45, 7) is 2.13. The Balaban J connectivity index is 1.54. The Kier molecular flexibility index (Phi) is 4.87. The first-order chi connectivity index (χ1) is 13.1. The first-order valence-corrected chi connectivity index (χ1v) is 9.75. The van der Waals surface area contributed by atoms with Crippen molar-refractivity contribution in [3.63, 3.8) is 0 Å². The number of rotatable bonds is 5. The molecule has 1 fully saturated rings. The highest BCUT2D eigenvalue weighted by Gasteiger charge is 2.35. The van der Waals surface area contributed by atoms with Crippen LogP contribution < -0.4 is 0 Å². The van der Waals surface area contributed by atoms with Gasteiger partial charge >= 0.3 is 5.97 Å². The van der Waals surface area contributed by atoms with E-state index in [2.05, 4.69) is 28.6 Å². The number of carboxylic acid groups (broad SMARTS) is 1. The smallest absolute Gasteiger partial charge is 0.306 e. The molecule has 2 aromatic rings. The van der Waals surface area contributed by atoms with Crippen LogP contribution in [0.4, 0.5) is 0 Å². The van der Waals surface area contributed by atoms with Gasteiger partial charge in [-0.3, -0.25) is 4.79 Å². The van der Waals surface area contributed by atoms with E-state index in [4.69, 9.17) is 0 Å². The summed E-state index contributed by atoms with van der Waals surface area (Å²) in [4.78, 5) is 15.5. The lowest BCUT2D eigenvalue weighted by molar-refractivity contribution is -0.143. The molecule has 4 rings (SSSR count). The van der Waals surface area contributed by atoms with Crippen LogP contribution in [0, 0.1) is 11.8 Å². The van der Waals surface area contributed by atoms with Crippen molar-refractivity contribution in [2.75, 3.05) is 0 Å². The molecule has 0 radical (unpaired) electrons. The van der Waals surface area contributed by atoms with Crippen LogP contribution in [0.5, 0.6) is 0 Å². The van der Waals surface area contributed by atoms with Gasteiger partial charge in [-0.2, -0.15) is 0 Å². The average molecular weight is 366 g/mol. The molecular weight excluding hydrogens is 340 g/mol. The molecule has 5 nitrogen and oxygen atoms in total. The Bertz CT molecular complexity index is 847. The minimum Gasteiger partial charge on any atom is -0.481 e. The highest BCUT2D eigenvalue weighted by molar-refractivity contribution is 5.93. The highest BCUT2D eigenvalue weighted by Crippen LogP contribution is 2.45. The van der Waals surface area contributed by atoms with Gasteiger partial charge in [0.2, 0.25) is 0 Å². The molecular formula is C22H26N2O3. The van der Waals surface area contributed by atoms with Crippen molar-refractivity contribution >= 4 is 17.1 Å². The number of imidazole rings is 1. The second kappa shape index (κ2) is 7.31. The normalized spacial score (nSPS) is 26.1. The molecule has 1 aliphatic heterocycles. The molecule has 1 unspecified atom stereocenters. The zero-order valence-electron chi connectivity index (χ0n) is 15.6. The maximum absolute atomic E-state index is 11.2. The van der Waals surface area contributed by atoms with Crippen molar-refractivity contribution in [2.24, 2.45) is 11.8 Å². The molecule has 1 aliphatic carbocycles. The molecule has 2 aliphatic rings. The molecule has 2 atom stereocenters. The molecule has 5 heteroatoms. The molecule has 2 N–H and O–H groups in total. The van der Waals surface area contributed by atoms with Crippen molar-refractivity contribution in [3.05, 3.63) is 54.1 Å². The quantitative estimate of drug-likeness (QED) is 0.838. The van der Waals surface area contributed by atoms with Crippen LogP contribution in [0.1, 0.15) is 56.3 Å². The first kappa shape index (κ1) is 18.0. The van der Waals surface area contributed by atoms with Gasteiger partial charge in [0.1, 0.15) is 0 Å². The number of aromatic nitrogens is 2. The third-order valence-corrected chi connectivity index (χ3v) is 6.34. The lowest BCUT2D eigenvalue weighted by Crippen LogP contribution is -2.30. The Morgan fingerprint density at radius 2 is 1.93 bits per heavy atom. The number of benzene rings is 1. The van der Waals surface area contributed by atoms with E-state index in [1.165, 1.54) is 16.7 Å². The summed E-state index contributed by atoms with van der Waals surface area (Å²) in [6.07, 6.45) is 6.83. The van der Waals surface area contributed by atoms with Crippen molar-refractivity contribution < 1.29 is 15.0 Å². The Morgan fingerprint density at radius 1 is 1.22 bits per heavy atom. The number of hydrogen-bond donors (Lipinski definition) is 2. The average Bonchev–Trinajstić information content (AvgIpc) is 3.26. The zero-order chi connectivity index (χ0) is 19.0. The van der Waals surface area contributed by atoms with E-state index in [0.29, 0.717) is 19.3 Å². The molecule has 0 saturated heterocycles. The lowest BCUT2D eigenvalue weighted by Gasteiger charge is -2.32. The predicted octanol–water partition coefficient (Wildman–Crippen LogP) is 4.01. The van der Waals surface area contributed by atoms with Gasteiger partial charge in [-0.1, -0.05) is 30.3 Å². The van der Waals surface area contributed by atoms with Gasteiger partial charge < -0.3 is 14.8 Å². The number of hydrogen-bond acceptors (Lipinski definition) is 3. The summed E-state index contributed by atoms with van der Waals surface area (Å²) in [7, 11) is 0. The third-order valence-electron chi connectivity index (χ3n) is 6.34. The van der Waals surface area contributed by atoms with Gasteiger partial charge in [0.25, 0.3) is 0 Å². The van der Waals surface area contributed by atoms with Gasteiger partial charge in [0.05, 0.1) is 36.3 Å². The van der Waals surface area contributed by atoms with Gasteiger partial charge in [0, 0.05) is 0 Å². The minimum atomic E-state index is -0.702. The number of fused-ring (bicyclic) bond motifs is 1. The highest BCUT2D eigenvalue weighted by atomic mass is 16.4. The molecule has 1 aromatic heterocycles. The van der Waals surface area contributed by atoms with E-state index in [9.17, 15) is 15.0 Å². The largest absolute Gasteiger partial charge is 0.481 e. The van der Waals surface area contributed by atoms with Gasteiger partial charge in [-0.15, -0.1) is 0 Å². The van der Waals surface area contributed by atoms with Crippen LogP contribution in [0.25, 0.3) is 11.1 Å². The van der Waals surface area contributed by atoms with Crippen LogP contribution in [-0.4, -0.2) is 31.8 Å².